The number of nitrogens with one attached hydrogen (secondary N) is 1. The second-order valence-electron chi connectivity index (χ2n) is 4.07. The predicted octanol–water partition coefficient (Wildman–Crippen LogP) is 2.17. The molecule has 21 heavy (non-hydrogen) atoms. The average molecular weight is 306 g/mol. The first-order valence-electron chi connectivity index (χ1n) is 6.29. The number of ether oxygens (including phenoxy) is 1. The second-order valence-corrected chi connectivity index (χ2v) is 5.01. The lowest BCUT2D eigenvalue weighted by Gasteiger charge is -2.05. The van der Waals surface area contributed by atoms with Gasteiger partial charge in [0.1, 0.15) is 10.8 Å². The molecule has 1 aromatic carbocycles. The molecule has 1 heterocycles. The van der Waals surface area contributed by atoms with Crippen LogP contribution in [0.25, 0.3) is 0 Å². The van der Waals surface area contributed by atoms with E-state index in [9.17, 15) is 9.59 Å². The normalized spacial score (nSPS) is 10.1. The first-order valence-corrected chi connectivity index (χ1v) is 7.17. The number of nitrogens with zero attached hydrogens (tertiary/aromatic N) is 1. The quantitative estimate of drug-likeness (QED) is 0.854. The molecule has 2 N–H and O–H groups in total. The molecule has 7 heteroatoms. The molecule has 0 radical (unpaired) electrons. The van der Waals surface area contributed by atoms with Gasteiger partial charge >= 0.3 is 5.97 Å². The maximum absolute atomic E-state index is 11.9. The fourth-order valence-corrected chi connectivity index (χ4v) is 2.33. The number of carbonyl (C=O) groups is 2. The molecular formula is C14H14N2O4S. The molecule has 110 valence electrons. The van der Waals surface area contributed by atoms with E-state index in [0.29, 0.717) is 22.9 Å². The van der Waals surface area contributed by atoms with Gasteiger partial charge in [-0.05, 0) is 31.2 Å². The van der Waals surface area contributed by atoms with Gasteiger partial charge in [-0.1, -0.05) is 0 Å². The van der Waals surface area contributed by atoms with E-state index in [0.717, 1.165) is 0 Å². The summed E-state index contributed by atoms with van der Waals surface area (Å²) in [5.41, 5.74) is 0.499. The SMILES string of the molecule is CCOc1ccc(C(=O)NCc2nc(C(=O)O)cs2)cc1. The standard InChI is InChI=1S/C14H14N2O4S/c1-2-20-10-5-3-9(4-6-10)13(17)15-7-12-16-11(8-21-12)14(18)19/h3-6,8H,2,7H2,1H3,(H,15,17)(H,18,19). The van der Waals surface area contributed by atoms with Gasteiger partial charge in [-0.3, -0.25) is 4.79 Å². The number of carbonyl (C=O) groups excluding carboxylic acids is 1. The van der Waals surface area contributed by atoms with Crippen molar-refractivity contribution in [1.82, 2.24) is 10.3 Å². The Morgan fingerprint density at radius 1 is 1.33 bits per heavy atom. The Morgan fingerprint density at radius 2 is 2.05 bits per heavy atom. The molecule has 0 aliphatic carbocycles. The molecule has 0 saturated heterocycles. The highest BCUT2D eigenvalue weighted by atomic mass is 32.1. The number of aromatic carboxylic acids is 1. The predicted molar refractivity (Wildman–Crippen MR) is 77.9 cm³/mol. The number of carboxylic acids is 1. The number of benzene rings is 1. The third kappa shape index (κ3) is 4.03. The average Bonchev–Trinajstić information content (AvgIpc) is 2.95. The van der Waals surface area contributed by atoms with E-state index >= 15 is 0 Å². The largest absolute Gasteiger partial charge is 0.494 e. The lowest BCUT2D eigenvalue weighted by Crippen LogP contribution is -2.22. The summed E-state index contributed by atoms with van der Waals surface area (Å²) in [5, 5.41) is 13.5. The van der Waals surface area contributed by atoms with Gasteiger partial charge in [0, 0.05) is 10.9 Å². The van der Waals surface area contributed by atoms with Crippen LogP contribution in [0.4, 0.5) is 0 Å². The van der Waals surface area contributed by atoms with Gasteiger partial charge in [0.05, 0.1) is 13.2 Å². The molecule has 0 bridgehead atoms. The molecule has 1 amide bonds. The second kappa shape index (κ2) is 6.85. The molecule has 0 atom stereocenters. The molecule has 0 aliphatic rings. The van der Waals surface area contributed by atoms with Gasteiger partial charge in [-0.25, -0.2) is 9.78 Å². The van der Waals surface area contributed by atoms with E-state index in [4.69, 9.17) is 9.84 Å². The van der Waals surface area contributed by atoms with Crippen molar-refractivity contribution in [2.75, 3.05) is 6.61 Å². The maximum Gasteiger partial charge on any atom is 0.355 e. The molecule has 2 rings (SSSR count). The summed E-state index contributed by atoms with van der Waals surface area (Å²) in [4.78, 5) is 26.5. The molecule has 2 aromatic rings. The Morgan fingerprint density at radius 3 is 2.62 bits per heavy atom. The van der Waals surface area contributed by atoms with E-state index in [1.54, 1.807) is 24.3 Å². The van der Waals surface area contributed by atoms with Gasteiger partial charge in [0.2, 0.25) is 0 Å². The van der Waals surface area contributed by atoms with Crippen LogP contribution in [0.2, 0.25) is 0 Å². The van der Waals surface area contributed by atoms with Crippen LogP contribution in [0.5, 0.6) is 5.75 Å². The monoisotopic (exact) mass is 306 g/mol. The number of thiazole rings is 1. The molecule has 0 saturated carbocycles. The molecule has 0 aliphatic heterocycles. The number of carboxylic acid groups (broad SMARTS) is 1. The fourth-order valence-electron chi connectivity index (χ4n) is 1.62. The molecule has 1 aromatic heterocycles. The van der Waals surface area contributed by atoms with Crippen molar-refractivity contribution in [2.45, 2.75) is 13.5 Å². The number of amides is 1. The maximum atomic E-state index is 11.9. The lowest BCUT2D eigenvalue weighted by molar-refractivity contribution is 0.0691. The van der Waals surface area contributed by atoms with E-state index in [2.05, 4.69) is 10.3 Å². The minimum absolute atomic E-state index is 0.00897. The summed E-state index contributed by atoms with van der Waals surface area (Å²) < 4.78 is 5.30. The van der Waals surface area contributed by atoms with Crippen molar-refractivity contribution >= 4 is 23.2 Å². The van der Waals surface area contributed by atoms with Crippen LogP contribution in [-0.4, -0.2) is 28.6 Å². The lowest BCUT2D eigenvalue weighted by atomic mass is 10.2. The van der Waals surface area contributed by atoms with Crippen LogP contribution in [0.3, 0.4) is 0 Å². The number of aromatic nitrogens is 1. The number of hydrogen-bond acceptors (Lipinski definition) is 5. The zero-order valence-corrected chi connectivity index (χ0v) is 12.1. The van der Waals surface area contributed by atoms with Crippen molar-refractivity contribution in [3.05, 3.63) is 45.9 Å². The first kappa shape index (κ1) is 15.0. The Hall–Kier alpha value is -2.41. The van der Waals surface area contributed by atoms with E-state index in [1.807, 2.05) is 6.92 Å². The third-order valence-electron chi connectivity index (χ3n) is 2.60. The summed E-state index contributed by atoms with van der Waals surface area (Å²) >= 11 is 1.20. The summed E-state index contributed by atoms with van der Waals surface area (Å²) in [6, 6.07) is 6.80. The molecule has 0 fully saturated rings. The summed E-state index contributed by atoms with van der Waals surface area (Å²) in [6.45, 7) is 2.66. The Kier molecular flexibility index (Phi) is 4.89. The number of hydrogen-bond donors (Lipinski definition) is 2. The first-order chi connectivity index (χ1) is 10.1. The van der Waals surface area contributed by atoms with Crippen molar-refractivity contribution in [2.24, 2.45) is 0 Å². The fraction of sp³-hybridized carbons (Fsp3) is 0.214. The van der Waals surface area contributed by atoms with E-state index in [1.165, 1.54) is 16.7 Å². The molecule has 6 nitrogen and oxygen atoms in total. The van der Waals surface area contributed by atoms with Crippen LogP contribution in [0, 0.1) is 0 Å². The van der Waals surface area contributed by atoms with Crippen LogP contribution in [0.1, 0.15) is 32.8 Å². The van der Waals surface area contributed by atoms with E-state index in [-0.39, 0.29) is 18.1 Å². The van der Waals surface area contributed by atoms with Crippen LogP contribution < -0.4 is 10.1 Å². The smallest absolute Gasteiger partial charge is 0.355 e. The van der Waals surface area contributed by atoms with Crippen molar-refractivity contribution in [3.63, 3.8) is 0 Å². The minimum Gasteiger partial charge on any atom is -0.494 e. The topological polar surface area (TPSA) is 88.5 Å². The summed E-state index contributed by atoms with van der Waals surface area (Å²) in [5.74, 6) is -0.611. The summed E-state index contributed by atoms with van der Waals surface area (Å²) in [7, 11) is 0. The summed E-state index contributed by atoms with van der Waals surface area (Å²) in [6.07, 6.45) is 0. The zero-order valence-electron chi connectivity index (χ0n) is 11.3. The van der Waals surface area contributed by atoms with Gasteiger partial charge in [-0.2, -0.15) is 0 Å². The van der Waals surface area contributed by atoms with Gasteiger partial charge in [0.25, 0.3) is 5.91 Å². The Labute approximate surface area is 125 Å². The van der Waals surface area contributed by atoms with Gasteiger partial charge in [0.15, 0.2) is 5.69 Å². The minimum atomic E-state index is -1.07. The highest BCUT2D eigenvalue weighted by Crippen LogP contribution is 2.13. The Bertz CT molecular complexity index is 637. The van der Waals surface area contributed by atoms with Crippen molar-refractivity contribution in [1.29, 1.82) is 0 Å². The van der Waals surface area contributed by atoms with Crippen molar-refractivity contribution < 1.29 is 19.4 Å². The zero-order chi connectivity index (χ0) is 15.2. The van der Waals surface area contributed by atoms with Crippen molar-refractivity contribution in [3.8, 4) is 5.75 Å². The molecule has 0 spiro atoms. The van der Waals surface area contributed by atoms with Crippen LogP contribution in [0.15, 0.2) is 29.6 Å². The molecule has 0 unspecified atom stereocenters. The Balaban J connectivity index is 1.92. The highest BCUT2D eigenvalue weighted by Gasteiger charge is 2.10. The third-order valence-corrected chi connectivity index (χ3v) is 3.45. The van der Waals surface area contributed by atoms with Crippen LogP contribution >= 0.6 is 11.3 Å². The highest BCUT2D eigenvalue weighted by molar-refractivity contribution is 7.09. The molecular weight excluding hydrogens is 292 g/mol. The van der Waals surface area contributed by atoms with Gasteiger partial charge in [-0.15, -0.1) is 11.3 Å². The van der Waals surface area contributed by atoms with Gasteiger partial charge < -0.3 is 15.2 Å². The van der Waals surface area contributed by atoms with E-state index < -0.39 is 5.97 Å². The number of rotatable bonds is 6. The van der Waals surface area contributed by atoms with Crippen LogP contribution in [-0.2, 0) is 6.54 Å².